The molecule has 0 aliphatic carbocycles. The predicted octanol–water partition coefficient (Wildman–Crippen LogP) is 2.99. The SMILES string of the molecule is CC(C)(C)OC(=O)N1CCC(CC(O)CCc2ccnc(N)c2)CC1. The van der Waals surface area contributed by atoms with Gasteiger partial charge in [-0.15, -0.1) is 0 Å². The molecule has 25 heavy (non-hydrogen) atoms. The molecule has 1 atom stereocenters. The number of hydrogen-bond donors (Lipinski definition) is 2. The molecule has 1 aliphatic heterocycles. The molecule has 1 amide bonds. The van der Waals surface area contributed by atoms with Gasteiger partial charge in [0.1, 0.15) is 11.4 Å². The third-order valence-corrected chi connectivity index (χ3v) is 4.48. The number of hydrogen-bond acceptors (Lipinski definition) is 5. The van der Waals surface area contributed by atoms with Crippen LogP contribution in [0.25, 0.3) is 0 Å². The van der Waals surface area contributed by atoms with E-state index in [1.54, 1.807) is 11.1 Å². The molecule has 0 saturated carbocycles. The predicted molar refractivity (Wildman–Crippen MR) is 98.1 cm³/mol. The van der Waals surface area contributed by atoms with Crippen LogP contribution >= 0.6 is 0 Å². The lowest BCUT2D eigenvalue weighted by molar-refractivity contribution is 0.0160. The first-order chi connectivity index (χ1) is 11.7. The highest BCUT2D eigenvalue weighted by molar-refractivity contribution is 5.68. The van der Waals surface area contributed by atoms with Gasteiger partial charge in [-0.05, 0) is 76.5 Å². The van der Waals surface area contributed by atoms with Gasteiger partial charge in [-0.25, -0.2) is 9.78 Å². The van der Waals surface area contributed by atoms with Crippen molar-refractivity contribution in [3.05, 3.63) is 23.9 Å². The molecule has 1 fully saturated rings. The number of carbonyl (C=O) groups excluding carboxylic acids is 1. The van der Waals surface area contributed by atoms with Crippen molar-refractivity contribution in [2.24, 2.45) is 5.92 Å². The lowest BCUT2D eigenvalue weighted by Crippen LogP contribution is -2.42. The first-order valence-electron chi connectivity index (χ1n) is 9.09. The number of pyridine rings is 1. The maximum Gasteiger partial charge on any atom is 0.410 e. The molecule has 1 aliphatic rings. The monoisotopic (exact) mass is 349 g/mol. The number of nitrogens with two attached hydrogens (primary N) is 1. The van der Waals surface area contributed by atoms with E-state index in [4.69, 9.17) is 10.5 Å². The number of amides is 1. The third kappa shape index (κ3) is 6.90. The van der Waals surface area contributed by atoms with Gasteiger partial charge in [-0.3, -0.25) is 0 Å². The highest BCUT2D eigenvalue weighted by atomic mass is 16.6. The molecule has 0 spiro atoms. The number of aliphatic hydroxyl groups is 1. The van der Waals surface area contributed by atoms with Gasteiger partial charge >= 0.3 is 6.09 Å². The number of anilines is 1. The smallest absolute Gasteiger partial charge is 0.410 e. The fourth-order valence-electron chi connectivity index (χ4n) is 3.16. The zero-order valence-corrected chi connectivity index (χ0v) is 15.6. The van der Waals surface area contributed by atoms with Crippen LogP contribution in [0.4, 0.5) is 10.6 Å². The minimum absolute atomic E-state index is 0.234. The Morgan fingerprint density at radius 1 is 1.44 bits per heavy atom. The average molecular weight is 349 g/mol. The summed E-state index contributed by atoms with van der Waals surface area (Å²) in [5, 5.41) is 10.3. The van der Waals surface area contributed by atoms with E-state index < -0.39 is 5.60 Å². The quantitative estimate of drug-likeness (QED) is 0.853. The summed E-state index contributed by atoms with van der Waals surface area (Å²) >= 11 is 0. The molecule has 140 valence electrons. The Hall–Kier alpha value is -1.82. The van der Waals surface area contributed by atoms with Crippen molar-refractivity contribution >= 4 is 11.9 Å². The first kappa shape index (κ1) is 19.5. The second-order valence-corrected chi connectivity index (χ2v) is 7.93. The summed E-state index contributed by atoms with van der Waals surface area (Å²) in [5.74, 6) is 0.970. The molecule has 1 saturated heterocycles. The highest BCUT2D eigenvalue weighted by Crippen LogP contribution is 2.24. The standard InChI is InChI=1S/C19H31N3O3/c1-19(2,3)25-18(24)22-10-7-15(8-11-22)12-16(23)5-4-14-6-9-21-17(20)13-14/h6,9,13,15-16,23H,4-5,7-8,10-12H2,1-3H3,(H2,20,21). The average Bonchev–Trinajstić information content (AvgIpc) is 2.52. The second kappa shape index (κ2) is 8.52. The summed E-state index contributed by atoms with van der Waals surface area (Å²) < 4.78 is 5.41. The van der Waals surface area contributed by atoms with Crippen molar-refractivity contribution in [2.75, 3.05) is 18.8 Å². The van der Waals surface area contributed by atoms with Crippen molar-refractivity contribution in [3.63, 3.8) is 0 Å². The van der Waals surface area contributed by atoms with E-state index in [9.17, 15) is 9.90 Å². The third-order valence-electron chi connectivity index (χ3n) is 4.48. The zero-order valence-electron chi connectivity index (χ0n) is 15.6. The van der Waals surface area contributed by atoms with Crippen LogP contribution in [0.5, 0.6) is 0 Å². The maximum atomic E-state index is 12.1. The number of rotatable bonds is 5. The van der Waals surface area contributed by atoms with Crippen LogP contribution in [0.15, 0.2) is 18.3 Å². The Labute approximate surface area is 150 Å². The maximum absolute atomic E-state index is 12.1. The lowest BCUT2D eigenvalue weighted by atomic mass is 9.89. The Morgan fingerprint density at radius 3 is 2.72 bits per heavy atom. The summed E-state index contributed by atoms with van der Waals surface area (Å²) in [7, 11) is 0. The van der Waals surface area contributed by atoms with Crippen LogP contribution in [0, 0.1) is 5.92 Å². The fourth-order valence-corrected chi connectivity index (χ4v) is 3.16. The zero-order chi connectivity index (χ0) is 18.4. The Balaban J connectivity index is 1.69. The van der Waals surface area contributed by atoms with E-state index in [2.05, 4.69) is 4.98 Å². The van der Waals surface area contributed by atoms with Crippen LogP contribution in [0.3, 0.4) is 0 Å². The number of piperidine rings is 1. The van der Waals surface area contributed by atoms with E-state index in [0.29, 0.717) is 24.8 Å². The summed E-state index contributed by atoms with van der Waals surface area (Å²) in [5.41, 5.74) is 6.32. The summed E-state index contributed by atoms with van der Waals surface area (Å²) in [6, 6.07) is 3.79. The molecule has 2 rings (SSSR count). The number of likely N-dealkylation sites (tertiary alicyclic amines) is 1. The number of nitrogen functional groups attached to an aromatic ring is 1. The van der Waals surface area contributed by atoms with Crippen molar-refractivity contribution in [1.29, 1.82) is 0 Å². The van der Waals surface area contributed by atoms with Crippen molar-refractivity contribution in [3.8, 4) is 0 Å². The van der Waals surface area contributed by atoms with Crippen LogP contribution in [-0.4, -0.2) is 45.9 Å². The molecule has 0 radical (unpaired) electrons. The summed E-state index contributed by atoms with van der Waals surface area (Å²) in [6.45, 7) is 7.04. The van der Waals surface area contributed by atoms with Gasteiger partial charge in [0.25, 0.3) is 0 Å². The van der Waals surface area contributed by atoms with Gasteiger partial charge in [0.2, 0.25) is 0 Å². The van der Waals surface area contributed by atoms with Crippen molar-refractivity contribution in [1.82, 2.24) is 9.88 Å². The Kier molecular flexibility index (Phi) is 6.64. The number of nitrogens with zero attached hydrogens (tertiary/aromatic N) is 2. The van der Waals surface area contributed by atoms with Crippen LogP contribution < -0.4 is 5.73 Å². The van der Waals surface area contributed by atoms with Crippen LogP contribution in [0.2, 0.25) is 0 Å². The van der Waals surface area contributed by atoms with Crippen LogP contribution in [0.1, 0.15) is 52.0 Å². The molecule has 6 nitrogen and oxygen atoms in total. The van der Waals surface area contributed by atoms with E-state index in [1.165, 1.54) is 0 Å². The van der Waals surface area contributed by atoms with Gasteiger partial charge in [0.15, 0.2) is 0 Å². The minimum Gasteiger partial charge on any atom is -0.444 e. The van der Waals surface area contributed by atoms with Gasteiger partial charge in [-0.1, -0.05) is 0 Å². The van der Waals surface area contributed by atoms with Crippen LogP contribution in [-0.2, 0) is 11.2 Å². The molecule has 2 heterocycles. The minimum atomic E-state index is -0.458. The van der Waals surface area contributed by atoms with Gasteiger partial charge in [0.05, 0.1) is 6.10 Å². The number of aromatic nitrogens is 1. The highest BCUT2D eigenvalue weighted by Gasteiger charge is 2.27. The molecule has 1 aromatic rings. The lowest BCUT2D eigenvalue weighted by Gasteiger charge is -2.34. The van der Waals surface area contributed by atoms with Crippen molar-refractivity contribution in [2.45, 2.75) is 64.6 Å². The molecule has 6 heteroatoms. The molecule has 0 aromatic carbocycles. The number of carbonyl (C=O) groups is 1. The fraction of sp³-hybridized carbons (Fsp3) is 0.684. The summed E-state index contributed by atoms with van der Waals surface area (Å²) in [6.07, 6.45) is 5.26. The molecule has 3 N–H and O–H groups in total. The van der Waals surface area contributed by atoms with E-state index >= 15 is 0 Å². The molecule has 1 aromatic heterocycles. The van der Waals surface area contributed by atoms with Gasteiger partial charge in [-0.2, -0.15) is 0 Å². The largest absolute Gasteiger partial charge is 0.444 e. The molecule has 1 unspecified atom stereocenters. The van der Waals surface area contributed by atoms with Crippen molar-refractivity contribution < 1.29 is 14.6 Å². The second-order valence-electron chi connectivity index (χ2n) is 7.93. The number of ether oxygens (including phenoxy) is 1. The topological polar surface area (TPSA) is 88.7 Å². The molecule has 0 bridgehead atoms. The van der Waals surface area contributed by atoms with Gasteiger partial charge < -0.3 is 20.5 Å². The summed E-state index contributed by atoms with van der Waals surface area (Å²) in [4.78, 5) is 17.8. The normalized spacial score (nSPS) is 17.4. The van der Waals surface area contributed by atoms with E-state index in [0.717, 1.165) is 37.7 Å². The molecular formula is C19H31N3O3. The molecular weight excluding hydrogens is 318 g/mol. The number of aryl methyl sites for hydroxylation is 1. The van der Waals surface area contributed by atoms with Gasteiger partial charge in [0, 0.05) is 19.3 Å². The van der Waals surface area contributed by atoms with E-state index in [-0.39, 0.29) is 12.2 Å². The first-order valence-corrected chi connectivity index (χ1v) is 9.09. The Bertz CT molecular complexity index is 563. The Morgan fingerprint density at radius 2 is 2.12 bits per heavy atom. The number of aliphatic hydroxyl groups excluding tert-OH is 1. The van der Waals surface area contributed by atoms with E-state index in [1.807, 2.05) is 32.9 Å².